The Morgan fingerprint density at radius 2 is 2.07 bits per heavy atom. The van der Waals surface area contributed by atoms with Crippen LogP contribution in [0.5, 0.6) is 11.5 Å². The van der Waals surface area contributed by atoms with Gasteiger partial charge >= 0.3 is 0 Å². The first-order valence-electron chi connectivity index (χ1n) is 9.54. The largest absolute Gasteiger partial charge is 0.494 e. The summed E-state index contributed by atoms with van der Waals surface area (Å²) in [4.78, 5) is 22.9. The number of hydrogen-bond donors (Lipinski definition) is 2. The number of ether oxygens (including phenoxy) is 2. The number of benzene rings is 1. The number of carbonyl (C=O) groups is 1. The molecule has 154 valence electrons. The summed E-state index contributed by atoms with van der Waals surface area (Å²) in [6.07, 6.45) is 1.52. The zero-order valence-corrected chi connectivity index (χ0v) is 16.8. The molecule has 2 N–H and O–H groups in total. The molecule has 1 aliphatic carbocycles. The van der Waals surface area contributed by atoms with Crippen molar-refractivity contribution in [3.8, 4) is 11.5 Å². The summed E-state index contributed by atoms with van der Waals surface area (Å²) in [5.74, 6) is 1.40. The number of carbonyl (C=O) groups excluding carboxylic acids is 1. The average Bonchev–Trinajstić information content (AvgIpc) is 2.66. The summed E-state index contributed by atoms with van der Waals surface area (Å²) in [6.45, 7) is 3.68. The molecule has 0 radical (unpaired) electrons. The van der Waals surface area contributed by atoms with Crippen LogP contribution >= 0.6 is 0 Å². The number of aromatic nitrogens is 2. The van der Waals surface area contributed by atoms with Gasteiger partial charge in [0.1, 0.15) is 23.6 Å². The van der Waals surface area contributed by atoms with Crippen LogP contribution in [0.4, 0.5) is 21.8 Å². The molecular formula is C20H24FN5O3. The van der Waals surface area contributed by atoms with Crippen LogP contribution in [0.25, 0.3) is 0 Å². The molecule has 2 aromatic rings. The smallest absolute Gasteiger partial charge is 0.246 e. The maximum Gasteiger partial charge on any atom is 0.246 e. The highest BCUT2D eigenvalue weighted by molar-refractivity contribution is 6.03. The number of methoxy groups -OCH3 is 1. The molecule has 0 saturated heterocycles. The van der Waals surface area contributed by atoms with Crippen molar-refractivity contribution >= 4 is 23.4 Å². The second-order valence-electron chi connectivity index (χ2n) is 7.46. The normalized spacial score (nSPS) is 23.0. The van der Waals surface area contributed by atoms with E-state index in [1.165, 1.54) is 13.2 Å². The zero-order chi connectivity index (χ0) is 20.7. The van der Waals surface area contributed by atoms with E-state index in [9.17, 15) is 9.18 Å². The van der Waals surface area contributed by atoms with Crippen molar-refractivity contribution in [2.24, 2.45) is 0 Å². The molecule has 1 amide bonds. The molecule has 1 aliphatic heterocycles. The predicted octanol–water partition coefficient (Wildman–Crippen LogP) is 2.73. The lowest BCUT2D eigenvalue weighted by Crippen LogP contribution is -2.45. The van der Waals surface area contributed by atoms with Gasteiger partial charge in [-0.25, -0.2) is 9.37 Å². The molecule has 0 spiro atoms. The van der Waals surface area contributed by atoms with Crippen molar-refractivity contribution in [1.29, 1.82) is 0 Å². The first-order valence-corrected chi connectivity index (χ1v) is 9.54. The molecule has 1 aromatic carbocycles. The lowest BCUT2D eigenvalue weighted by Gasteiger charge is -2.37. The lowest BCUT2D eigenvalue weighted by molar-refractivity contribution is -0.117. The lowest BCUT2D eigenvalue weighted by atomic mass is 9.89. The highest BCUT2D eigenvalue weighted by Crippen LogP contribution is 2.34. The molecule has 2 aliphatic rings. The number of fused-ring (bicyclic) bond motifs is 1. The van der Waals surface area contributed by atoms with E-state index in [0.29, 0.717) is 28.9 Å². The summed E-state index contributed by atoms with van der Waals surface area (Å²) < 4.78 is 24.5. The quantitative estimate of drug-likeness (QED) is 0.796. The molecule has 8 nitrogen and oxygen atoms in total. The van der Waals surface area contributed by atoms with Crippen molar-refractivity contribution in [2.45, 2.75) is 44.9 Å². The fourth-order valence-electron chi connectivity index (χ4n) is 3.49. The Morgan fingerprint density at radius 3 is 2.76 bits per heavy atom. The molecule has 0 bridgehead atoms. The molecule has 1 atom stereocenters. The molecule has 29 heavy (non-hydrogen) atoms. The van der Waals surface area contributed by atoms with Gasteiger partial charge in [-0.15, -0.1) is 0 Å². The Balaban J connectivity index is 1.38. The Bertz CT molecular complexity index is 948. The van der Waals surface area contributed by atoms with Gasteiger partial charge in [0, 0.05) is 32.0 Å². The van der Waals surface area contributed by atoms with Crippen LogP contribution in [0.1, 0.15) is 25.5 Å². The Labute approximate surface area is 168 Å². The number of anilines is 3. The van der Waals surface area contributed by atoms with Crippen LogP contribution in [0, 0.1) is 12.7 Å². The third-order valence-electron chi connectivity index (χ3n) is 5.47. The van der Waals surface area contributed by atoms with E-state index in [4.69, 9.17) is 9.47 Å². The van der Waals surface area contributed by atoms with Gasteiger partial charge < -0.3 is 25.0 Å². The van der Waals surface area contributed by atoms with Gasteiger partial charge in [0.15, 0.2) is 17.4 Å². The maximum absolute atomic E-state index is 13.8. The minimum Gasteiger partial charge on any atom is -0.494 e. The molecule has 4 rings (SSSR count). The first-order chi connectivity index (χ1) is 13.9. The van der Waals surface area contributed by atoms with Crippen LogP contribution < -0.4 is 25.0 Å². The van der Waals surface area contributed by atoms with E-state index in [2.05, 4.69) is 20.6 Å². The second-order valence-corrected chi connectivity index (χ2v) is 7.46. The summed E-state index contributed by atoms with van der Waals surface area (Å²) in [7, 11) is 3.28. The molecule has 0 unspecified atom stereocenters. The molecular weight excluding hydrogens is 377 g/mol. The summed E-state index contributed by atoms with van der Waals surface area (Å²) >= 11 is 0. The van der Waals surface area contributed by atoms with Crippen molar-refractivity contribution in [3.63, 3.8) is 0 Å². The van der Waals surface area contributed by atoms with E-state index in [0.717, 1.165) is 12.8 Å². The topological polar surface area (TPSA) is 88.6 Å². The number of amides is 1. The minimum absolute atomic E-state index is 0.000929. The van der Waals surface area contributed by atoms with Crippen molar-refractivity contribution in [1.82, 2.24) is 9.97 Å². The third-order valence-corrected chi connectivity index (χ3v) is 5.47. The molecule has 1 aromatic heterocycles. The fraction of sp³-hybridized carbons (Fsp3) is 0.450. The SMILES string of the molecule is COc1ccc(OC2CC(Nc3nc(C)c4c(n3)N(C)[C@@H](C)C(=O)N4)C2)cc1F. The number of halogens is 1. The Morgan fingerprint density at radius 1 is 1.31 bits per heavy atom. The number of likely N-dealkylation sites (N-methyl/N-ethyl adjacent to an activating group) is 1. The third kappa shape index (κ3) is 3.64. The highest BCUT2D eigenvalue weighted by atomic mass is 19.1. The molecule has 1 saturated carbocycles. The van der Waals surface area contributed by atoms with Crippen LogP contribution in [0.15, 0.2) is 18.2 Å². The van der Waals surface area contributed by atoms with Gasteiger partial charge in [0.2, 0.25) is 11.9 Å². The van der Waals surface area contributed by atoms with Crippen LogP contribution in [0.3, 0.4) is 0 Å². The van der Waals surface area contributed by atoms with Gasteiger partial charge in [-0.2, -0.15) is 4.98 Å². The van der Waals surface area contributed by atoms with E-state index < -0.39 is 5.82 Å². The van der Waals surface area contributed by atoms with E-state index in [1.54, 1.807) is 12.1 Å². The maximum atomic E-state index is 13.8. The zero-order valence-electron chi connectivity index (χ0n) is 16.8. The van der Waals surface area contributed by atoms with Gasteiger partial charge in [-0.1, -0.05) is 0 Å². The highest BCUT2D eigenvalue weighted by Gasteiger charge is 2.33. The number of nitrogens with zero attached hydrogens (tertiary/aromatic N) is 3. The van der Waals surface area contributed by atoms with Gasteiger partial charge in [0.05, 0.1) is 12.8 Å². The second kappa shape index (κ2) is 7.38. The van der Waals surface area contributed by atoms with Gasteiger partial charge in [-0.3, -0.25) is 4.79 Å². The fourth-order valence-corrected chi connectivity index (χ4v) is 3.49. The number of nitrogens with one attached hydrogen (secondary N) is 2. The number of hydrogen-bond acceptors (Lipinski definition) is 7. The van der Waals surface area contributed by atoms with Crippen LogP contribution in [-0.4, -0.2) is 48.2 Å². The van der Waals surface area contributed by atoms with Gasteiger partial charge in [0.25, 0.3) is 0 Å². The van der Waals surface area contributed by atoms with Crippen molar-refractivity contribution in [3.05, 3.63) is 29.7 Å². The number of rotatable bonds is 5. The van der Waals surface area contributed by atoms with Gasteiger partial charge in [-0.05, 0) is 26.0 Å². The van der Waals surface area contributed by atoms with Crippen molar-refractivity contribution in [2.75, 3.05) is 29.7 Å². The summed E-state index contributed by atoms with van der Waals surface area (Å²) in [6, 6.07) is 4.46. The van der Waals surface area contributed by atoms with Crippen LogP contribution in [-0.2, 0) is 4.79 Å². The summed E-state index contributed by atoms with van der Waals surface area (Å²) in [5.41, 5.74) is 1.36. The standard InChI is InChI=1S/C20H24FN5O3/c1-10-17-18(26(3)11(2)19(27)24-17)25-20(22-10)23-12-7-14(8-12)29-13-5-6-16(28-4)15(21)9-13/h5-6,9,11-12,14H,7-8H2,1-4H3,(H,24,27)(H,22,23,25)/t11-,12?,14?/m0/s1. The van der Waals surface area contributed by atoms with Crippen LogP contribution in [0.2, 0.25) is 0 Å². The summed E-state index contributed by atoms with van der Waals surface area (Å²) in [5, 5.41) is 6.20. The van der Waals surface area contributed by atoms with E-state index in [-0.39, 0.29) is 29.8 Å². The minimum atomic E-state index is -0.442. The molecule has 2 heterocycles. The monoisotopic (exact) mass is 401 g/mol. The molecule has 1 fully saturated rings. The Hall–Kier alpha value is -3.10. The Kier molecular flexibility index (Phi) is 4.89. The van der Waals surface area contributed by atoms with Crippen molar-refractivity contribution < 1.29 is 18.7 Å². The predicted molar refractivity (Wildman–Crippen MR) is 107 cm³/mol. The first kappa shape index (κ1) is 19.2. The average molecular weight is 401 g/mol. The molecule has 9 heteroatoms. The van der Waals surface area contributed by atoms with E-state index in [1.807, 2.05) is 25.8 Å². The van der Waals surface area contributed by atoms with E-state index >= 15 is 0 Å². The number of aryl methyl sites for hydroxylation is 1.